The van der Waals surface area contributed by atoms with E-state index in [1.54, 1.807) is 0 Å². The average Bonchev–Trinajstić information content (AvgIpc) is 2.55. The van der Waals surface area contributed by atoms with Crippen molar-refractivity contribution in [1.29, 1.82) is 5.26 Å². The first-order valence-corrected chi connectivity index (χ1v) is 9.69. The van der Waals surface area contributed by atoms with Crippen LogP contribution >= 0.6 is 0 Å². The molecule has 0 unspecified atom stereocenters. The number of unbranched alkanes of at least 4 members (excludes halogenated alkanes) is 2. The molecule has 0 spiro atoms. The third kappa shape index (κ3) is 5.32. The zero-order chi connectivity index (χ0) is 15.0. The lowest BCUT2D eigenvalue weighted by Gasteiger charge is -2.34. The third-order valence-electron chi connectivity index (χ3n) is 6.26. The van der Waals surface area contributed by atoms with Crippen molar-refractivity contribution in [2.24, 2.45) is 17.3 Å². The molecule has 1 heteroatoms. The Morgan fingerprint density at radius 1 is 0.905 bits per heavy atom. The van der Waals surface area contributed by atoms with Crippen LogP contribution in [0.3, 0.4) is 0 Å². The van der Waals surface area contributed by atoms with Gasteiger partial charge in [-0.2, -0.15) is 5.26 Å². The summed E-state index contributed by atoms with van der Waals surface area (Å²) < 4.78 is 0. The quantitative estimate of drug-likeness (QED) is 0.483. The van der Waals surface area contributed by atoms with Gasteiger partial charge in [-0.1, -0.05) is 77.6 Å². The fraction of sp³-hybridized carbons (Fsp3) is 0.950. The standard InChI is InChI=1S/C20H35N/c1-2-3-5-8-18-9-11-19(12-10-18)13-16-20(17-21)14-6-4-7-15-20/h18-19H,2-16H2,1H3. The molecule has 0 heterocycles. The summed E-state index contributed by atoms with van der Waals surface area (Å²) in [7, 11) is 0. The maximum absolute atomic E-state index is 9.58. The van der Waals surface area contributed by atoms with Gasteiger partial charge >= 0.3 is 0 Å². The molecule has 2 saturated carbocycles. The molecule has 21 heavy (non-hydrogen) atoms. The molecule has 0 atom stereocenters. The van der Waals surface area contributed by atoms with Crippen molar-refractivity contribution in [3.8, 4) is 6.07 Å². The Morgan fingerprint density at radius 3 is 2.10 bits per heavy atom. The van der Waals surface area contributed by atoms with E-state index in [2.05, 4.69) is 13.0 Å². The molecule has 0 aromatic rings. The van der Waals surface area contributed by atoms with Crippen LogP contribution in [-0.2, 0) is 0 Å². The summed E-state index contributed by atoms with van der Waals surface area (Å²) in [6.45, 7) is 2.30. The van der Waals surface area contributed by atoms with Gasteiger partial charge in [0.15, 0.2) is 0 Å². The summed E-state index contributed by atoms with van der Waals surface area (Å²) in [5.74, 6) is 1.95. The number of nitriles is 1. The van der Waals surface area contributed by atoms with Crippen molar-refractivity contribution in [2.75, 3.05) is 0 Å². The van der Waals surface area contributed by atoms with E-state index < -0.39 is 0 Å². The second-order valence-corrected chi connectivity index (χ2v) is 7.87. The van der Waals surface area contributed by atoms with Gasteiger partial charge in [0.2, 0.25) is 0 Å². The van der Waals surface area contributed by atoms with Crippen LogP contribution in [0.15, 0.2) is 0 Å². The molecule has 0 aliphatic heterocycles. The monoisotopic (exact) mass is 289 g/mol. The van der Waals surface area contributed by atoms with Gasteiger partial charge in [-0.25, -0.2) is 0 Å². The maximum Gasteiger partial charge on any atom is 0.0689 e. The molecule has 120 valence electrons. The first-order chi connectivity index (χ1) is 10.3. The molecule has 2 aliphatic carbocycles. The molecule has 1 nitrogen and oxygen atoms in total. The van der Waals surface area contributed by atoms with Crippen LogP contribution in [0.1, 0.15) is 103 Å². The molecular weight excluding hydrogens is 254 g/mol. The van der Waals surface area contributed by atoms with Crippen molar-refractivity contribution in [3.05, 3.63) is 0 Å². The van der Waals surface area contributed by atoms with E-state index in [-0.39, 0.29) is 5.41 Å². The maximum atomic E-state index is 9.58. The van der Waals surface area contributed by atoms with E-state index in [0.717, 1.165) is 11.8 Å². The van der Waals surface area contributed by atoms with Gasteiger partial charge < -0.3 is 0 Å². The van der Waals surface area contributed by atoms with Crippen LogP contribution in [0.25, 0.3) is 0 Å². The summed E-state index contributed by atoms with van der Waals surface area (Å²) in [5, 5.41) is 9.58. The van der Waals surface area contributed by atoms with E-state index in [9.17, 15) is 5.26 Å². The van der Waals surface area contributed by atoms with Crippen LogP contribution in [0.2, 0.25) is 0 Å². The first kappa shape index (κ1) is 16.9. The zero-order valence-electron chi connectivity index (χ0n) is 14.2. The van der Waals surface area contributed by atoms with E-state index in [1.807, 2.05) is 0 Å². The Hall–Kier alpha value is -0.510. The number of hydrogen-bond acceptors (Lipinski definition) is 1. The van der Waals surface area contributed by atoms with Crippen LogP contribution in [0.4, 0.5) is 0 Å². The van der Waals surface area contributed by atoms with E-state index >= 15 is 0 Å². The van der Waals surface area contributed by atoms with Crippen molar-refractivity contribution in [2.45, 2.75) is 103 Å². The summed E-state index contributed by atoms with van der Waals surface area (Å²) in [6.07, 6.45) is 20.3. The summed E-state index contributed by atoms with van der Waals surface area (Å²) in [6, 6.07) is 2.70. The van der Waals surface area contributed by atoms with Gasteiger partial charge in [-0.15, -0.1) is 0 Å². The van der Waals surface area contributed by atoms with Crippen LogP contribution in [0.5, 0.6) is 0 Å². The first-order valence-electron chi connectivity index (χ1n) is 9.69. The lowest BCUT2D eigenvalue weighted by molar-refractivity contribution is 0.194. The second-order valence-electron chi connectivity index (χ2n) is 7.87. The van der Waals surface area contributed by atoms with Gasteiger partial charge in [0.05, 0.1) is 11.5 Å². The van der Waals surface area contributed by atoms with Gasteiger partial charge in [0, 0.05) is 0 Å². The van der Waals surface area contributed by atoms with Crippen molar-refractivity contribution >= 4 is 0 Å². The van der Waals surface area contributed by atoms with Crippen LogP contribution < -0.4 is 0 Å². The smallest absolute Gasteiger partial charge is 0.0689 e. The number of hydrogen-bond donors (Lipinski definition) is 0. The molecule has 2 rings (SSSR count). The predicted molar refractivity (Wildman–Crippen MR) is 90.0 cm³/mol. The lowest BCUT2D eigenvalue weighted by atomic mass is 9.69. The van der Waals surface area contributed by atoms with Crippen molar-refractivity contribution in [1.82, 2.24) is 0 Å². The normalized spacial score (nSPS) is 29.0. The average molecular weight is 290 g/mol. The molecule has 2 aliphatic rings. The highest BCUT2D eigenvalue weighted by Crippen LogP contribution is 2.42. The van der Waals surface area contributed by atoms with Crippen LogP contribution in [0, 0.1) is 28.6 Å². The minimum atomic E-state index is 0.0657. The van der Waals surface area contributed by atoms with Crippen molar-refractivity contribution in [3.63, 3.8) is 0 Å². The van der Waals surface area contributed by atoms with Gasteiger partial charge in [0.25, 0.3) is 0 Å². The highest BCUT2D eigenvalue weighted by molar-refractivity contribution is 5.00. The third-order valence-corrected chi connectivity index (χ3v) is 6.26. The van der Waals surface area contributed by atoms with E-state index in [1.165, 1.54) is 96.3 Å². The Balaban J connectivity index is 1.65. The SMILES string of the molecule is CCCCCC1CCC(CCC2(C#N)CCCCC2)CC1. The minimum Gasteiger partial charge on any atom is -0.198 e. The lowest BCUT2D eigenvalue weighted by Crippen LogP contribution is -2.24. The van der Waals surface area contributed by atoms with Crippen molar-refractivity contribution < 1.29 is 0 Å². The summed E-state index contributed by atoms with van der Waals surface area (Å²) >= 11 is 0. The van der Waals surface area contributed by atoms with E-state index in [0.29, 0.717) is 0 Å². The minimum absolute atomic E-state index is 0.0657. The van der Waals surface area contributed by atoms with Gasteiger partial charge in [-0.05, 0) is 37.5 Å². The second kappa shape index (κ2) is 8.82. The molecule has 0 radical (unpaired) electrons. The van der Waals surface area contributed by atoms with E-state index in [4.69, 9.17) is 0 Å². The largest absolute Gasteiger partial charge is 0.198 e. The Labute approximate surface area is 132 Å². The topological polar surface area (TPSA) is 23.8 Å². The molecule has 0 N–H and O–H groups in total. The Morgan fingerprint density at radius 2 is 1.52 bits per heavy atom. The molecule has 0 bridgehead atoms. The summed E-state index contributed by atoms with van der Waals surface area (Å²) in [4.78, 5) is 0. The zero-order valence-corrected chi connectivity index (χ0v) is 14.2. The molecule has 0 aromatic heterocycles. The van der Waals surface area contributed by atoms with Gasteiger partial charge in [0.1, 0.15) is 0 Å². The molecule has 0 saturated heterocycles. The van der Waals surface area contributed by atoms with Crippen LogP contribution in [-0.4, -0.2) is 0 Å². The fourth-order valence-electron chi connectivity index (χ4n) is 4.62. The van der Waals surface area contributed by atoms with Gasteiger partial charge in [-0.3, -0.25) is 0 Å². The Bertz CT molecular complexity index is 313. The Kier molecular flexibility index (Phi) is 7.08. The summed E-state index contributed by atoms with van der Waals surface area (Å²) in [5.41, 5.74) is 0.0657. The predicted octanol–water partition coefficient (Wildman–Crippen LogP) is 6.63. The highest BCUT2D eigenvalue weighted by atomic mass is 14.4. The molecular formula is C20H35N. The highest BCUT2D eigenvalue weighted by Gasteiger charge is 2.33. The molecule has 2 fully saturated rings. The molecule has 0 amide bonds. The number of nitrogens with zero attached hydrogens (tertiary/aromatic N) is 1. The number of rotatable bonds is 7. The molecule has 0 aromatic carbocycles. The fourth-order valence-corrected chi connectivity index (χ4v) is 4.62.